The van der Waals surface area contributed by atoms with E-state index in [0.29, 0.717) is 0 Å². The van der Waals surface area contributed by atoms with Gasteiger partial charge >= 0.3 is 5.97 Å². The van der Waals surface area contributed by atoms with Gasteiger partial charge in [0.05, 0.1) is 0 Å². The zero-order valence-corrected chi connectivity index (χ0v) is 7.76. The number of aryl methyl sites for hydroxylation is 1. The van der Waals surface area contributed by atoms with Gasteiger partial charge in [-0.05, 0) is 24.4 Å². The Morgan fingerprint density at radius 2 is 2.38 bits per heavy atom. The minimum absolute atomic E-state index is 0.118. The first-order chi connectivity index (χ1) is 6.18. The molecule has 13 heavy (non-hydrogen) atoms. The van der Waals surface area contributed by atoms with Crippen molar-refractivity contribution in [2.24, 2.45) is 0 Å². The number of thiophene rings is 1. The molecule has 2 rings (SSSR count). The molecule has 2 aromatic heterocycles. The van der Waals surface area contributed by atoms with E-state index in [1.165, 1.54) is 11.3 Å². The van der Waals surface area contributed by atoms with Gasteiger partial charge in [-0.15, -0.1) is 11.3 Å². The summed E-state index contributed by atoms with van der Waals surface area (Å²) in [4.78, 5) is 14.6. The van der Waals surface area contributed by atoms with Crippen LogP contribution < -0.4 is 0 Å². The van der Waals surface area contributed by atoms with Crippen LogP contribution in [-0.4, -0.2) is 16.1 Å². The van der Waals surface area contributed by atoms with Gasteiger partial charge in [0.25, 0.3) is 0 Å². The van der Waals surface area contributed by atoms with Gasteiger partial charge < -0.3 is 5.11 Å². The molecule has 0 fully saturated rings. The van der Waals surface area contributed by atoms with Crippen molar-refractivity contribution < 1.29 is 9.90 Å². The number of hydrogen-bond acceptors (Lipinski definition) is 3. The summed E-state index contributed by atoms with van der Waals surface area (Å²) in [6.07, 6.45) is 0. The Balaban J connectivity index is 2.77. The molecule has 1 N–H and O–H groups in total. The maximum Gasteiger partial charge on any atom is 0.354 e. The second-order valence-corrected chi connectivity index (χ2v) is 3.68. The number of pyridine rings is 1. The van der Waals surface area contributed by atoms with Crippen LogP contribution in [0.2, 0.25) is 0 Å². The van der Waals surface area contributed by atoms with Crippen LogP contribution in [0.4, 0.5) is 0 Å². The number of rotatable bonds is 1. The number of carboxylic acid groups (broad SMARTS) is 1. The molecular formula is C9H7NO2S. The molecule has 3 nitrogen and oxygen atoms in total. The molecule has 0 aliphatic heterocycles. The quantitative estimate of drug-likeness (QED) is 0.756. The van der Waals surface area contributed by atoms with E-state index < -0.39 is 5.97 Å². The van der Waals surface area contributed by atoms with E-state index in [1.807, 2.05) is 18.4 Å². The third-order valence-electron chi connectivity index (χ3n) is 1.86. The molecule has 0 amide bonds. The van der Waals surface area contributed by atoms with E-state index >= 15 is 0 Å². The lowest BCUT2D eigenvalue weighted by Crippen LogP contribution is -2.00. The highest BCUT2D eigenvalue weighted by Gasteiger charge is 2.08. The standard InChI is InChI=1S/C9H7NO2S/c1-5-6-2-3-13-8(6)4-7(10-5)9(11)12/h2-4H,1H3,(H,11,12). The number of carbonyl (C=O) groups is 1. The van der Waals surface area contributed by atoms with Crippen LogP contribution >= 0.6 is 11.3 Å². The van der Waals surface area contributed by atoms with Crippen LogP contribution in [0.15, 0.2) is 17.5 Å². The van der Waals surface area contributed by atoms with Crippen molar-refractivity contribution in [1.82, 2.24) is 4.98 Å². The minimum Gasteiger partial charge on any atom is -0.477 e. The zero-order valence-electron chi connectivity index (χ0n) is 6.94. The molecular weight excluding hydrogens is 186 g/mol. The van der Waals surface area contributed by atoms with Crippen LogP contribution in [0, 0.1) is 6.92 Å². The van der Waals surface area contributed by atoms with E-state index in [-0.39, 0.29) is 5.69 Å². The monoisotopic (exact) mass is 193 g/mol. The Hall–Kier alpha value is -1.42. The van der Waals surface area contributed by atoms with Gasteiger partial charge in [0.15, 0.2) is 0 Å². The second kappa shape index (κ2) is 2.81. The first kappa shape index (κ1) is 8.19. The lowest BCUT2D eigenvalue weighted by Gasteiger charge is -1.97. The van der Waals surface area contributed by atoms with Gasteiger partial charge in [0.2, 0.25) is 0 Å². The molecule has 0 bridgehead atoms. The first-order valence-corrected chi connectivity index (χ1v) is 4.64. The third-order valence-corrected chi connectivity index (χ3v) is 2.72. The fourth-order valence-corrected chi connectivity index (χ4v) is 2.11. The average molecular weight is 193 g/mol. The smallest absolute Gasteiger partial charge is 0.354 e. The summed E-state index contributed by atoms with van der Waals surface area (Å²) >= 11 is 1.53. The SMILES string of the molecule is Cc1nc(C(=O)O)cc2sccc12. The highest BCUT2D eigenvalue weighted by molar-refractivity contribution is 7.17. The molecule has 2 aromatic rings. The number of aromatic carboxylic acids is 1. The van der Waals surface area contributed by atoms with Gasteiger partial charge in [-0.1, -0.05) is 0 Å². The minimum atomic E-state index is -0.974. The zero-order chi connectivity index (χ0) is 9.42. The van der Waals surface area contributed by atoms with Crippen molar-refractivity contribution in [3.8, 4) is 0 Å². The van der Waals surface area contributed by atoms with Crippen molar-refractivity contribution in [3.63, 3.8) is 0 Å². The van der Waals surface area contributed by atoms with Gasteiger partial charge in [-0.3, -0.25) is 0 Å². The van der Waals surface area contributed by atoms with Crippen LogP contribution in [0.3, 0.4) is 0 Å². The Kier molecular flexibility index (Phi) is 1.77. The van der Waals surface area contributed by atoms with Gasteiger partial charge in [-0.2, -0.15) is 0 Å². The van der Waals surface area contributed by atoms with Crippen LogP contribution in [0.5, 0.6) is 0 Å². The molecule has 0 unspecified atom stereocenters. The number of hydrogen-bond donors (Lipinski definition) is 1. The van der Waals surface area contributed by atoms with Gasteiger partial charge in [0.1, 0.15) is 5.69 Å². The van der Waals surface area contributed by atoms with E-state index in [1.54, 1.807) is 6.07 Å². The van der Waals surface area contributed by atoms with Crippen molar-refractivity contribution in [1.29, 1.82) is 0 Å². The number of fused-ring (bicyclic) bond motifs is 1. The van der Waals surface area contributed by atoms with Crippen LogP contribution in [0.1, 0.15) is 16.2 Å². The number of aromatic nitrogens is 1. The molecule has 4 heteroatoms. The summed E-state index contributed by atoms with van der Waals surface area (Å²) in [5, 5.41) is 11.7. The van der Waals surface area contributed by atoms with Crippen molar-refractivity contribution >= 4 is 27.4 Å². The summed E-state index contributed by atoms with van der Waals surface area (Å²) in [6.45, 7) is 1.82. The highest BCUT2D eigenvalue weighted by Crippen LogP contribution is 2.23. The predicted molar refractivity (Wildman–Crippen MR) is 51.3 cm³/mol. The third kappa shape index (κ3) is 1.29. The average Bonchev–Trinajstić information content (AvgIpc) is 2.51. The van der Waals surface area contributed by atoms with E-state index in [4.69, 9.17) is 5.11 Å². The Bertz CT molecular complexity index is 475. The molecule has 0 atom stereocenters. The summed E-state index contributed by atoms with van der Waals surface area (Å²) in [5.41, 5.74) is 0.892. The molecule has 2 heterocycles. The second-order valence-electron chi connectivity index (χ2n) is 2.73. The molecule has 0 aliphatic carbocycles. The van der Waals surface area contributed by atoms with E-state index in [9.17, 15) is 4.79 Å². The Morgan fingerprint density at radius 1 is 1.62 bits per heavy atom. The van der Waals surface area contributed by atoms with Crippen LogP contribution in [0.25, 0.3) is 10.1 Å². The summed E-state index contributed by atoms with van der Waals surface area (Å²) in [7, 11) is 0. The fourth-order valence-electron chi connectivity index (χ4n) is 1.24. The normalized spacial score (nSPS) is 10.5. The number of carboxylic acids is 1. The molecule has 0 saturated heterocycles. The maximum absolute atomic E-state index is 10.7. The summed E-state index contributed by atoms with van der Waals surface area (Å²) < 4.78 is 0.977. The van der Waals surface area contributed by atoms with Crippen molar-refractivity contribution in [3.05, 3.63) is 28.9 Å². The molecule has 0 spiro atoms. The molecule has 0 saturated carbocycles. The topological polar surface area (TPSA) is 50.2 Å². The highest BCUT2D eigenvalue weighted by atomic mass is 32.1. The van der Waals surface area contributed by atoms with Crippen molar-refractivity contribution in [2.75, 3.05) is 0 Å². The molecule has 0 aliphatic rings. The van der Waals surface area contributed by atoms with E-state index in [2.05, 4.69) is 4.98 Å². The maximum atomic E-state index is 10.7. The first-order valence-electron chi connectivity index (χ1n) is 3.76. The Morgan fingerprint density at radius 3 is 3.08 bits per heavy atom. The number of nitrogens with zero attached hydrogens (tertiary/aromatic N) is 1. The molecule has 0 radical (unpaired) electrons. The van der Waals surface area contributed by atoms with Crippen molar-refractivity contribution in [2.45, 2.75) is 6.92 Å². The Labute approximate surface area is 78.7 Å². The lowest BCUT2D eigenvalue weighted by atomic mass is 10.2. The van der Waals surface area contributed by atoms with E-state index in [0.717, 1.165) is 15.8 Å². The van der Waals surface area contributed by atoms with Gasteiger partial charge in [0, 0.05) is 15.8 Å². The fraction of sp³-hybridized carbons (Fsp3) is 0.111. The van der Waals surface area contributed by atoms with Crippen LogP contribution in [-0.2, 0) is 0 Å². The molecule has 0 aromatic carbocycles. The molecule has 66 valence electrons. The predicted octanol–water partition coefficient (Wildman–Crippen LogP) is 2.30. The summed E-state index contributed by atoms with van der Waals surface area (Å²) in [6, 6.07) is 3.56. The largest absolute Gasteiger partial charge is 0.477 e. The lowest BCUT2D eigenvalue weighted by molar-refractivity contribution is 0.0690. The van der Waals surface area contributed by atoms with Gasteiger partial charge in [-0.25, -0.2) is 9.78 Å². The summed E-state index contributed by atoms with van der Waals surface area (Å²) in [5.74, 6) is -0.974.